The van der Waals surface area contributed by atoms with Crippen LogP contribution in [0.3, 0.4) is 0 Å². The molecule has 92 valence electrons. The van der Waals surface area contributed by atoms with Crippen LogP contribution in [-0.2, 0) is 0 Å². The van der Waals surface area contributed by atoms with Crippen LogP contribution in [0.25, 0.3) is 0 Å². The predicted molar refractivity (Wildman–Crippen MR) is 67.2 cm³/mol. The third-order valence-electron chi connectivity index (χ3n) is 3.20. The second kappa shape index (κ2) is 9.62. The molecule has 0 aliphatic carbocycles. The predicted octanol–water partition coefficient (Wildman–Crippen LogP) is 2.19. The smallest absolute Gasteiger partial charge is 0.0621 e. The monoisotopic (exact) mass is 223 g/mol. The highest BCUT2D eigenvalue weighted by molar-refractivity contribution is 4.72. The molecule has 1 aliphatic heterocycles. The zero-order chi connectivity index (χ0) is 11.5. The van der Waals surface area contributed by atoms with Crippen LogP contribution in [0.4, 0.5) is 0 Å². The van der Waals surface area contributed by atoms with Crippen LogP contribution in [0.1, 0.15) is 51.4 Å². The van der Waals surface area contributed by atoms with E-state index >= 15 is 0 Å². The first-order chi connectivity index (χ1) is 7.93. The molecule has 0 spiro atoms. The van der Waals surface area contributed by atoms with E-state index in [-0.39, 0.29) is 0 Å². The van der Waals surface area contributed by atoms with E-state index in [4.69, 9.17) is 5.26 Å². The average molecular weight is 223 g/mol. The Labute approximate surface area is 99.6 Å². The van der Waals surface area contributed by atoms with Gasteiger partial charge in [-0.15, -0.1) is 0 Å². The molecular formula is C13H25N3. The van der Waals surface area contributed by atoms with Gasteiger partial charge in [-0.1, -0.05) is 19.3 Å². The Morgan fingerprint density at radius 1 is 1.19 bits per heavy atom. The van der Waals surface area contributed by atoms with Gasteiger partial charge in [0.2, 0.25) is 0 Å². The molecule has 0 aromatic rings. The fraction of sp³-hybridized carbons (Fsp3) is 0.923. The van der Waals surface area contributed by atoms with Gasteiger partial charge >= 0.3 is 0 Å². The Hall–Kier alpha value is -0.590. The Morgan fingerprint density at radius 2 is 2.12 bits per heavy atom. The van der Waals surface area contributed by atoms with Crippen molar-refractivity contribution in [2.45, 2.75) is 57.4 Å². The topological polar surface area (TPSA) is 47.9 Å². The molecule has 1 heterocycles. The molecular weight excluding hydrogens is 198 g/mol. The van der Waals surface area contributed by atoms with E-state index in [9.17, 15) is 0 Å². The van der Waals surface area contributed by atoms with E-state index in [0.717, 1.165) is 19.5 Å². The first-order valence-corrected chi connectivity index (χ1v) is 6.74. The summed E-state index contributed by atoms with van der Waals surface area (Å²) in [4.78, 5) is 0. The summed E-state index contributed by atoms with van der Waals surface area (Å²) in [5.41, 5.74) is 0. The highest BCUT2D eigenvalue weighted by atomic mass is 15.0. The minimum atomic E-state index is 0.663. The Balaban J connectivity index is 1.96. The normalized spacial score (nSPS) is 22.1. The number of nitriles is 1. The van der Waals surface area contributed by atoms with Gasteiger partial charge in [-0.2, -0.15) is 5.26 Å². The fourth-order valence-electron chi connectivity index (χ4n) is 2.18. The third kappa shape index (κ3) is 6.81. The quantitative estimate of drug-likeness (QED) is 0.679. The largest absolute Gasteiger partial charge is 0.315 e. The maximum Gasteiger partial charge on any atom is 0.0621 e. The number of hydrogen-bond donors (Lipinski definition) is 2. The van der Waals surface area contributed by atoms with E-state index < -0.39 is 0 Å². The minimum absolute atomic E-state index is 0.663. The zero-order valence-electron chi connectivity index (χ0n) is 10.3. The van der Waals surface area contributed by atoms with Crippen molar-refractivity contribution in [3.8, 4) is 6.07 Å². The summed E-state index contributed by atoms with van der Waals surface area (Å²) in [6.45, 7) is 3.41. The van der Waals surface area contributed by atoms with Gasteiger partial charge in [0, 0.05) is 19.0 Å². The van der Waals surface area contributed by atoms with Gasteiger partial charge in [0.1, 0.15) is 0 Å². The molecule has 2 N–H and O–H groups in total. The molecule has 1 saturated heterocycles. The fourth-order valence-corrected chi connectivity index (χ4v) is 2.18. The van der Waals surface area contributed by atoms with Crippen LogP contribution in [0.2, 0.25) is 0 Å². The van der Waals surface area contributed by atoms with Crippen LogP contribution in [0.15, 0.2) is 0 Å². The molecule has 3 nitrogen and oxygen atoms in total. The number of rotatable bonds is 6. The average Bonchev–Trinajstić information content (AvgIpc) is 2.25. The van der Waals surface area contributed by atoms with Crippen LogP contribution in [0.5, 0.6) is 0 Å². The third-order valence-corrected chi connectivity index (χ3v) is 3.20. The molecule has 0 aromatic heterocycles. The lowest BCUT2D eigenvalue weighted by Crippen LogP contribution is -2.40. The van der Waals surface area contributed by atoms with Crippen molar-refractivity contribution in [1.29, 1.82) is 5.26 Å². The van der Waals surface area contributed by atoms with Crippen molar-refractivity contribution in [3.05, 3.63) is 0 Å². The van der Waals surface area contributed by atoms with E-state index in [2.05, 4.69) is 16.7 Å². The molecule has 0 saturated carbocycles. The maximum absolute atomic E-state index is 8.41. The van der Waals surface area contributed by atoms with Gasteiger partial charge < -0.3 is 10.6 Å². The first kappa shape index (κ1) is 13.5. The molecule has 3 heteroatoms. The molecule has 1 fully saturated rings. The van der Waals surface area contributed by atoms with E-state index in [1.165, 1.54) is 45.1 Å². The van der Waals surface area contributed by atoms with Gasteiger partial charge in [0.25, 0.3) is 0 Å². The van der Waals surface area contributed by atoms with E-state index in [0.29, 0.717) is 12.5 Å². The standard InChI is InChI=1S/C13H25N3/c14-9-5-1-2-7-11-16-13-8-4-3-6-10-15-12-13/h13,15-16H,1-8,10-12H2. The van der Waals surface area contributed by atoms with Crippen LogP contribution >= 0.6 is 0 Å². The molecule has 1 atom stereocenters. The lowest BCUT2D eigenvalue weighted by Gasteiger charge is -2.21. The minimum Gasteiger partial charge on any atom is -0.315 e. The van der Waals surface area contributed by atoms with Crippen molar-refractivity contribution >= 4 is 0 Å². The van der Waals surface area contributed by atoms with Crippen molar-refractivity contribution in [2.24, 2.45) is 0 Å². The molecule has 0 radical (unpaired) electrons. The molecule has 16 heavy (non-hydrogen) atoms. The van der Waals surface area contributed by atoms with Crippen LogP contribution in [-0.4, -0.2) is 25.7 Å². The second-order valence-electron chi connectivity index (χ2n) is 4.67. The summed E-state index contributed by atoms with van der Waals surface area (Å²) in [5.74, 6) is 0. The zero-order valence-corrected chi connectivity index (χ0v) is 10.3. The summed E-state index contributed by atoms with van der Waals surface area (Å²) >= 11 is 0. The Morgan fingerprint density at radius 3 is 3.00 bits per heavy atom. The van der Waals surface area contributed by atoms with Gasteiger partial charge in [-0.3, -0.25) is 0 Å². The molecule has 0 aromatic carbocycles. The van der Waals surface area contributed by atoms with Gasteiger partial charge in [0.05, 0.1) is 6.07 Å². The number of nitrogens with one attached hydrogen (secondary N) is 2. The van der Waals surface area contributed by atoms with Gasteiger partial charge in [0.15, 0.2) is 0 Å². The van der Waals surface area contributed by atoms with Gasteiger partial charge in [-0.05, 0) is 38.8 Å². The number of hydrogen-bond acceptors (Lipinski definition) is 3. The molecule has 1 unspecified atom stereocenters. The number of nitrogens with zero attached hydrogens (tertiary/aromatic N) is 1. The van der Waals surface area contributed by atoms with Crippen molar-refractivity contribution in [3.63, 3.8) is 0 Å². The Bertz CT molecular complexity index is 190. The second-order valence-corrected chi connectivity index (χ2v) is 4.67. The van der Waals surface area contributed by atoms with Crippen LogP contribution in [0, 0.1) is 11.3 Å². The molecule has 1 aliphatic rings. The lowest BCUT2D eigenvalue weighted by molar-refractivity contribution is 0.399. The van der Waals surface area contributed by atoms with E-state index in [1.54, 1.807) is 0 Å². The van der Waals surface area contributed by atoms with Gasteiger partial charge in [-0.25, -0.2) is 0 Å². The summed E-state index contributed by atoms with van der Waals surface area (Å²) in [7, 11) is 0. The molecule has 0 amide bonds. The van der Waals surface area contributed by atoms with Crippen LogP contribution < -0.4 is 10.6 Å². The highest BCUT2D eigenvalue weighted by Gasteiger charge is 2.09. The number of unbranched alkanes of at least 4 members (excludes halogenated alkanes) is 3. The molecule has 0 bridgehead atoms. The first-order valence-electron chi connectivity index (χ1n) is 6.74. The van der Waals surface area contributed by atoms with E-state index in [1.807, 2.05) is 0 Å². The summed E-state index contributed by atoms with van der Waals surface area (Å²) in [6.07, 6.45) is 9.54. The van der Waals surface area contributed by atoms with Crippen molar-refractivity contribution in [2.75, 3.05) is 19.6 Å². The SMILES string of the molecule is N#CCCCCCNC1CCCCCNC1. The Kier molecular flexibility index (Phi) is 8.10. The van der Waals surface area contributed by atoms with Crippen molar-refractivity contribution in [1.82, 2.24) is 10.6 Å². The summed E-state index contributed by atoms with van der Waals surface area (Å²) in [6, 6.07) is 2.86. The lowest BCUT2D eigenvalue weighted by atomic mass is 10.1. The summed E-state index contributed by atoms with van der Waals surface area (Å²) in [5, 5.41) is 15.5. The maximum atomic E-state index is 8.41. The highest BCUT2D eigenvalue weighted by Crippen LogP contribution is 2.06. The van der Waals surface area contributed by atoms with Crippen molar-refractivity contribution < 1.29 is 0 Å². The summed E-state index contributed by atoms with van der Waals surface area (Å²) < 4.78 is 0. The molecule has 1 rings (SSSR count).